The second-order valence-corrected chi connectivity index (χ2v) is 6.27. The van der Waals surface area contributed by atoms with Gasteiger partial charge in [-0.3, -0.25) is 0 Å². The van der Waals surface area contributed by atoms with E-state index in [1.807, 2.05) is 24.7 Å². The van der Waals surface area contributed by atoms with E-state index in [4.69, 9.17) is 5.14 Å². The molecule has 3 N–H and O–H groups in total. The summed E-state index contributed by atoms with van der Waals surface area (Å²) in [6.45, 7) is 2.71. The van der Waals surface area contributed by atoms with Crippen LogP contribution in [0.1, 0.15) is 24.2 Å². The van der Waals surface area contributed by atoms with E-state index in [9.17, 15) is 8.42 Å². The van der Waals surface area contributed by atoms with Crippen LogP contribution in [0, 0.1) is 0 Å². The molecular formula is C13H18N4O2S. The molecule has 2 rings (SSSR count). The molecule has 2 aromatic rings. The van der Waals surface area contributed by atoms with Crippen LogP contribution >= 0.6 is 0 Å². The fourth-order valence-corrected chi connectivity index (χ4v) is 2.39. The lowest BCUT2D eigenvalue weighted by atomic mass is 10.1. The van der Waals surface area contributed by atoms with Crippen LogP contribution in [0.25, 0.3) is 0 Å². The maximum absolute atomic E-state index is 11.2. The number of sulfonamides is 1. The minimum atomic E-state index is -3.63. The number of hydrogen-bond donors (Lipinski definition) is 2. The maximum Gasteiger partial charge on any atom is 0.238 e. The first-order valence-electron chi connectivity index (χ1n) is 6.19. The average Bonchev–Trinajstić information content (AvgIpc) is 2.81. The Kier molecular flexibility index (Phi) is 4.22. The van der Waals surface area contributed by atoms with Crippen molar-refractivity contribution in [2.45, 2.75) is 24.4 Å². The zero-order valence-corrected chi connectivity index (χ0v) is 12.3. The predicted molar refractivity (Wildman–Crippen MR) is 76.3 cm³/mol. The van der Waals surface area contributed by atoms with Crippen molar-refractivity contribution in [1.29, 1.82) is 0 Å². The van der Waals surface area contributed by atoms with E-state index in [1.54, 1.807) is 18.5 Å². The van der Waals surface area contributed by atoms with E-state index in [0.29, 0.717) is 6.54 Å². The molecule has 20 heavy (non-hydrogen) atoms. The topological polar surface area (TPSA) is 90.0 Å². The van der Waals surface area contributed by atoms with Crippen LogP contribution in [0.4, 0.5) is 0 Å². The van der Waals surface area contributed by atoms with Crippen molar-refractivity contribution in [1.82, 2.24) is 14.9 Å². The SMILES string of the molecule is CC(NCc1cncn1C)c1ccc(S(N)(=O)=O)cc1. The van der Waals surface area contributed by atoms with Gasteiger partial charge in [0.15, 0.2) is 0 Å². The van der Waals surface area contributed by atoms with Gasteiger partial charge in [-0.15, -0.1) is 0 Å². The highest BCUT2D eigenvalue weighted by atomic mass is 32.2. The number of imidazole rings is 1. The molecule has 0 amide bonds. The van der Waals surface area contributed by atoms with E-state index in [0.717, 1.165) is 11.3 Å². The molecule has 0 spiro atoms. The molecule has 1 aromatic carbocycles. The first-order chi connectivity index (χ1) is 9.38. The van der Waals surface area contributed by atoms with Gasteiger partial charge in [-0.25, -0.2) is 18.5 Å². The Morgan fingerprint density at radius 1 is 1.35 bits per heavy atom. The minimum Gasteiger partial charge on any atom is -0.337 e. The Morgan fingerprint density at radius 2 is 2.00 bits per heavy atom. The molecule has 7 heteroatoms. The van der Waals surface area contributed by atoms with Gasteiger partial charge < -0.3 is 9.88 Å². The highest BCUT2D eigenvalue weighted by molar-refractivity contribution is 7.89. The molecule has 0 saturated carbocycles. The Bertz CT molecular complexity index is 677. The molecule has 1 aromatic heterocycles. The van der Waals surface area contributed by atoms with Crippen LogP contribution in [0.3, 0.4) is 0 Å². The third-order valence-corrected chi connectivity index (χ3v) is 4.14. The van der Waals surface area contributed by atoms with Crippen LogP contribution in [0.5, 0.6) is 0 Å². The summed E-state index contributed by atoms with van der Waals surface area (Å²) in [6.07, 6.45) is 3.56. The summed E-state index contributed by atoms with van der Waals surface area (Å²) in [4.78, 5) is 4.18. The first kappa shape index (κ1) is 14.7. The number of primary sulfonamides is 1. The lowest BCUT2D eigenvalue weighted by Gasteiger charge is -2.14. The highest BCUT2D eigenvalue weighted by Crippen LogP contribution is 2.16. The van der Waals surface area contributed by atoms with E-state index in [1.165, 1.54) is 12.1 Å². The Morgan fingerprint density at radius 3 is 2.50 bits per heavy atom. The fraction of sp³-hybridized carbons (Fsp3) is 0.308. The summed E-state index contributed by atoms with van der Waals surface area (Å²) >= 11 is 0. The fourth-order valence-electron chi connectivity index (χ4n) is 1.88. The number of benzene rings is 1. The van der Waals surface area contributed by atoms with Gasteiger partial charge in [-0.1, -0.05) is 12.1 Å². The van der Waals surface area contributed by atoms with Crippen molar-refractivity contribution in [2.24, 2.45) is 12.2 Å². The molecule has 108 valence electrons. The van der Waals surface area contributed by atoms with Crippen molar-refractivity contribution in [3.05, 3.63) is 48.0 Å². The summed E-state index contributed by atoms with van der Waals surface area (Å²) in [5.41, 5.74) is 2.08. The summed E-state index contributed by atoms with van der Waals surface area (Å²) < 4.78 is 24.3. The first-order valence-corrected chi connectivity index (χ1v) is 7.74. The second-order valence-electron chi connectivity index (χ2n) is 4.71. The number of aryl methyl sites for hydroxylation is 1. The normalized spacial score (nSPS) is 13.3. The molecule has 6 nitrogen and oxygen atoms in total. The zero-order chi connectivity index (χ0) is 14.8. The van der Waals surface area contributed by atoms with Gasteiger partial charge in [0.1, 0.15) is 0 Å². The molecule has 0 saturated heterocycles. The molecule has 1 atom stereocenters. The van der Waals surface area contributed by atoms with Gasteiger partial charge in [0.05, 0.1) is 16.9 Å². The lowest BCUT2D eigenvalue weighted by Crippen LogP contribution is -2.19. The number of nitrogens with two attached hydrogens (primary N) is 1. The molecule has 0 radical (unpaired) electrons. The zero-order valence-electron chi connectivity index (χ0n) is 11.4. The highest BCUT2D eigenvalue weighted by Gasteiger charge is 2.10. The van der Waals surface area contributed by atoms with Crippen LogP contribution in [-0.4, -0.2) is 18.0 Å². The molecule has 0 fully saturated rings. The smallest absolute Gasteiger partial charge is 0.238 e. The Balaban J connectivity index is 2.03. The minimum absolute atomic E-state index is 0.0967. The Labute approximate surface area is 118 Å². The van der Waals surface area contributed by atoms with Gasteiger partial charge in [-0.05, 0) is 24.6 Å². The summed E-state index contributed by atoms with van der Waals surface area (Å²) in [5.74, 6) is 0. The molecule has 1 heterocycles. The van der Waals surface area contributed by atoms with Crippen LogP contribution in [0.15, 0.2) is 41.7 Å². The van der Waals surface area contributed by atoms with Crippen molar-refractivity contribution in [3.8, 4) is 0 Å². The number of aromatic nitrogens is 2. The van der Waals surface area contributed by atoms with Crippen LogP contribution in [0.2, 0.25) is 0 Å². The van der Waals surface area contributed by atoms with E-state index in [-0.39, 0.29) is 10.9 Å². The average molecular weight is 294 g/mol. The summed E-state index contributed by atoms with van der Waals surface area (Å²) in [6, 6.07) is 6.67. The second kappa shape index (κ2) is 5.74. The third kappa shape index (κ3) is 3.44. The molecule has 0 bridgehead atoms. The van der Waals surface area contributed by atoms with Gasteiger partial charge in [0.2, 0.25) is 10.0 Å². The van der Waals surface area contributed by atoms with Gasteiger partial charge in [-0.2, -0.15) is 0 Å². The largest absolute Gasteiger partial charge is 0.337 e. The summed E-state index contributed by atoms with van der Waals surface area (Å²) in [7, 11) is -1.69. The molecule has 0 aliphatic heterocycles. The van der Waals surface area contributed by atoms with Crippen LogP contribution in [-0.2, 0) is 23.6 Å². The lowest BCUT2D eigenvalue weighted by molar-refractivity contribution is 0.557. The van der Waals surface area contributed by atoms with E-state index in [2.05, 4.69) is 10.3 Å². The predicted octanol–water partition coefficient (Wildman–Crippen LogP) is 0.918. The van der Waals surface area contributed by atoms with E-state index >= 15 is 0 Å². The number of hydrogen-bond acceptors (Lipinski definition) is 4. The van der Waals surface area contributed by atoms with Gasteiger partial charge in [0.25, 0.3) is 0 Å². The van der Waals surface area contributed by atoms with E-state index < -0.39 is 10.0 Å². The van der Waals surface area contributed by atoms with Gasteiger partial charge in [0, 0.05) is 25.8 Å². The van der Waals surface area contributed by atoms with Crippen molar-refractivity contribution >= 4 is 10.0 Å². The molecule has 1 unspecified atom stereocenters. The maximum atomic E-state index is 11.2. The summed E-state index contributed by atoms with van der Waals surface area (Å²) in [5, 5.41) is 8.43. The number of nitrogens with zero attached hydrogens (tertiary/aromatic N) is 2. The van der Waals surface area contributed by atoms with Crippen molar-refractivity contribution in [3.63, 3.8) is 0 Å². The Hall–Kier alpha value is -1.70. The van der Waals surface area contributed by atoms with Crippen molar-refractivity contribution < 1.29 is 8.42 Å². The number of rotatable bonds is 5. The van der Waals surface area contributed by atoms with Gasteiger partial charge >= 0.3 is 0 Å². The molecule has 0 aliphatic rings. The third-order valence-electron chi connectivity index (χ3n) is 3.21. The quantitative estimate of drug-likeness (QED) is 0.858. The van der Waals surface area contributed by atoms with Crippen LogP contribution < -0.4 is 10.5 Å². The standard InChI is InChI=1S/C13H18N4O2S/c1-10(16-8-12-7-15-9-17(12)2)11-3-5-13(6-4-11)20(14,18)19/h3-7,9-10,16H,8H2,1-2H3,(H2,14,18,19). The number of nitrogens with one attached hydrogen (secondary N) is 1. The molecular weight excluding hydrogens is 276 g/mol. The van der Waals surface area contributed by atoms with Crippen molar-refractivity contribution in [2.75, 3.05) is 0 Å². The monoisotopic (exact) mass is 294 g/mol. The molecule has 0 aliphatic carbocycles.